The summed E-state index contributed by atoms with van der Waals surface area (Å²) >= 11 is 0. The SMILES string of the molecule is Cc1ccccc1Nc1nc(N)nc(COC(=O)c2cccc(CS(C)=O)c2)n1. The number of rotatable bonds is 7. The largest absolute Gasteiger partial charge is 0.454 e. The molecular formula is C20H21N5O3S. The number of nitrogens with zero attached hydrogens (tertiary/aromatic N) is 3. The molecule has 1 aromatic heterocycles. The van der Waals surface area contributed by atoms with Crippen LogP contribution in [0.3, 0.4) is 0 Å². The molecule has 9 heteroatoms. The average Bonchev–Trinajstić information content (AvgIpc) is 2.67. The van der Waals surface area contributed by atoms with Crippen LogP contribution >= 0.6 is 0 Å². The Morgan fingerprint density at radius 3 is 2.69 bits per heavy atom. The number of esters is 1. The highest BCUT2D eigenvalue weighted by molar-refractivity contribution is 7.83. The van der Waals surface area contributed by atoms with Crippen LogP contribution in [0.5, 0.6) is 0 Å². The number of benzene rings is 2. The highest BCUT2D eigenvalue weighted by Crippen LogP contribution is 2.18. The molecule has 0 bridgehead atoms. The first-order valence-corrected chi connectivity index (χ1v) is 10.5. The molecule has 150 valence electrons. The molecule has 1 atom stereocenters. The lowest BCUT2D eigenvalue weighted by molar-refractivity contribution is 0.0462. The number of carbonyl (C=O) groups excluding carboxylic acids is 1. The lowest BCUT2D eigenvalue weighted by atomic mass is 10.1. The molecule has 0 radical (unpaired) electrons. The van der Waals surface area contributed by atoms with Crippen molar-refractivity contribution in [2.45, 2.75) is 19.3 Å². The summed E-state index contributed by atoms with van der Waals surface area (Å²) in [7, 11) is -0.995. The molecule has 1 heterocycles. The number of ether oxygens (including phenoxy) is 1. The molecule has 3 aromatic rings. The predicted octanol–water partition coefficient (Wildman–Crippen LogP) is 2.74. The van der Waals surface area contributed by atoms with Crippen molar-refractivity contribution in [3.8, 4) is 0 Å². The molecule has 0 aliphatic heterocycles. The van der Waals surface area contributed by atoms with Crippen molar-refractivity contribution >= 4 is 34.4 Å². The van der Waals surface area contributed by atoms with E-state index in [1.165, 1.54) is 0 Å². The maximum atomic E-state index is 12.3. The van der Waals surface area contributed by atoms with Gasteiger partial charge in [-0.3, -0.25) is 4.21 Å². The Morgan fingerprint density at radius 1 is 1.14 bits per heavy atom. The van der Waals surface area contributed by atoms with E-state index in [1.807, 2.05) is 37.3 Å². The second kappa shape index (κ2) is 9.24. The van der Waals surface area contributed by atoms with Crippen LogP contribution in [0.25, 0.3) is 0 Å². The molecule has 0 amide bonds. The number of anilines is 3. The molecule has 1 unspecified atom stereocenters. The van der Waals surface area contributed by atoms with E-state index < -0.39 is 16.8 Å². The Balaban J connectivity index is 1.69. The normalized spacial score (nSPS) is 11.7. The lowest BCUT2D eigenvalue weighted by Gasteiger charge is -2.10. The van der Waals surface area contributed by atoms with Crippen LogP contribution in [-0.4, -0.2) is 31.4 Å². The number of nitrogens with one attached hydrogen (secondary N) is 1. The van der Waals surface area contributed by atoms with E-state index in [0.29, 0.717) is 11.3 Å². The van der Waals surface area contributed by atoms with Crippen LogP contribution in [0.4, 0.5) is 17.6 Å². The molecule has 3 N–H and O–H groups in total. The third kappa shape index (κ3) is 5.82. The number of carbonyl (C=O) groups is 1. The highest BCUT2D eigenvalue weighted by atomic mass is 32.2. The van der Waals surface area contributed by atoms with Gasteiger partial charge in [0.15, 0.2) is 12.4 Å². The molecule has 8 nitrogen and oxygen atoms in total. The summed E-state index contributed by atoms with van der Waals surface area (Å²) in [6.07, 6.45) is 1.61. The highest BCUT2D eigenvalue weighted by Gasteiger charge is 2.12. The van der Waals surface area contributed by atoms with E-state index in [2.05, 4.69) is 20.3 Å². The zero-order valence-corrected chi connectivity index (χ0v) is 16.9. The standard InChI is InChI=1S/C20H21N5O3S/c1-13-6-3-4-9-16(13)22-20-24-17(23-19(21)25-20)11-28-18(26)15-8-5-7-14(10-15)12-29(2)27/h3-10H,11-12H2,1-2H3,(H3,21,22,23,24,25). The third-order valence-corrected chi connectivity index (χ3v) is 4.70. The number of hydrogen-bond acceptors (Lipinski definition) is 8. The molecule has 2 aromatic carbocycles. The van der Waals surface area contributed by atoms with Crippen molar-refractivity contribution in [2.75, 3.05) is 17.3 Å². The smallest absolute Gasteiger partial charge is 0.338 e. The Labute approximate surface area is 171 Å². The van der Waals surface area contributed by atoms with E-state index in [4.69, 9.17) is 10.5 Å². The summed E-state index contributed by atoms with van der Waals surface area (Å²) < 4.78 is 16.7. The van der Waals surface area contributed by atoms with Crippen LogP contribution < -0.4 is 11.1 Å². The van der Waals surface area contributed by atoms with Gasteiger partial charge in [0.1, 0.15) is 0 Å². The van der Waals surface area contributed by atoms with Crippen LogP contribution in [0, 0.1) is 6.92 Å². The molecule has 0 aliphatic rings. The summed E-state index contributed by atoms with van der Waals surface area (Å²) in [5.74, 6) is 0.368. The Bertz CT molecular complexity index is 1060. The van der Waals surface area contributed by atoms with Crippen molar-refractivity contribution in [2.24, 2.45) is 0 Å². The summed E-state index contributed by atoms with van der Waals surface area (Å²) in [5.41, 5.74) is 8.79. The van der Waals surface area contributed by atoms with Gasteiger partial charge in [-0.05, 0) is 36.2 Å². The minimum atomic E-state index is -0.995. The third-order valence-electron chi connectivity index (χ3n) is 3.96. The zero-order valence-electron chi connectivity index (χ0n) is 16.1. The summed E-state index contributed by atoms with van der Waals surface area (Å²) in [5, 5.41) is 3.09. The summed E-state index contributed by atoms with van der Waals surface area (Å²) in [6.45, 7) is 1.80. The first-order valence-electron chi connectivity index (χ1n) is 8.80. The van der Waals surface area contributed by atoms with Crippen molar-refractivity contribution in [1.29, 1.82) is 0 Å². The monoisotopic (exact) mass is 411 g/mol. The molecule has 0 aliphatic carbocycles. The van der Waals surface area contributed by atoms with Crippen molar-refractivity contribution < 1.29 is 13.7 Å². The maximum Gasteiger partial charge on any atom is 0.338 e. The van der Waals surface area contributed by atoms with E-state index in [-0.39, 0.29) is 24.3 Å². The molecular weight excluding hydrogens is 390 g/mol. The zero-order chi connectivity index (χ0) is 20.8. The Kier molecular flexibility index (Phi) is 6.50. The number of nitrogens with two attached hydrogens (primary N) is 1. The topological polar surface area (TPSA) is 120 Å². The number of aryl methyl sites for hydroxylation is 1. The van der Waals surface area contributed by atoms with Crippen molar-refractivity contribution in [1.82, 2.24) is 15.0 Å². The summed E-state index contributed by atoms with van der Waals surface area (Å²) in [6, 6.07) is 14.5. The van der Waals surface area contributed by atoms with Gasteiger partial charge in [-0.1, -0.05) is 30.3 Å². The van der Waals surface area contributed by atoms with Crippen LogP contribution in [0.15, 0.2) is 48.5 Å². The molecule has 0 saturated heterocycles. The average molecular weight is 411 g/mol. The van der Waals surface area contributed by atoms with Gasteiger partial charge in [0.25, 0.3) is 0 Å². The lowest BCUT2D eigenvalue weighted by Crippen LogP contribution is -2.11. The molecule has 0 fully saturated rings. The minimum Gasteiger partial charge on any atom is -0.454 e. The summed E-state index contributed by atoms with van der Waals surface area (Å²) in [4.78, 5) is 24.7. The molecule has 29 heavy (non-hydrogen) atoms. The fourth-order valence-corrected chi connectivity index (χ4v) is 3.28. The minimum absolute atomic E-state index is 0.0227. The maximum absolute atomic E-state index is 12.3. The van der Waals surface area contributed by atoms with Crippen molar-refractivity contribution in [3.63, 3.8) is 0 Å². The van der Waals surface area contributed by atoms with E-state index in [9.17, 15) is 9.00 Å². The molecule has 0 spiro atoms. The van der Waals surface area contributed by atoms with Gasteiger partial charge in [-0.15, -0.1) is 0 Å². The number of aromatic nitrogens is 3. The predicted molar refractivity (Wildman–Crippen MR) is 112 cm³/mol. The van der Waals surface area contributed by atoms with Crippen LogP contribution in [0.1, 0.15) is 27.3 Å². The first-order chi connectivity index (χ1) is 13.9. The fourth-order valence-electron chi connectivity index (χ4n) is 2.63. The number of nitrogen functional groups attached to an aromatic ring is 1. The Hall–Kier alpha value is -3.33. The van der Waals surface area contributed by atoms with Gasteiger partial charge >= 0.3 is 5.97 Å². The van der Waals surface area contributed by atoms with Gasteiger partial charge < -0.3 is 15.8 Å². The van der Waals surface area contributed by atoms with Gasteiger partial charge in [0, 0.05) is 28.5 Å². The van der Waals surface area contributed by atoms with E-state index in [0.717, 1.165) is 16.8 Å². The fraction of sp³-hybridized carbons (Fsp3) is 0.200. The second-order valence-electron chi connectivity index (χ2n) is 6.37. The first kappa shape index (κ1) is 20.4. The number of para-hydroxylation sites is 1. The van der Waals surface area contributed by atoms with Crippen LogP contribution in [-0.2, 0) is 27.9 Å². The molecule has 3 rings (SSSR count). The van der Waals surface area contributed by atoms with E-state index in [1.54, 1.807) is 24.5 Å². The molecule has 0 saturated carbocycles. The Morgan fingerprint density at radius 2 is 1.93 bits per heavy atom. The van der Waals surface area contributed by atoms with Crippen molar-refractivity contribution in [3.05, 3.63) is 71.0 Å². The van der Waals surface area contributed by atoms with Crippen LogP contribution in [0.2, 0.25) is 0 Å². The van der Waals surface area contributed by atoms with E-state index >= 15 is 0 Å². The number of hydrogen-bond donors (Lipinski definition) is 2. The van der Waals surface area contributed by atoms with Gasteiger partial charge in [-0.2, -0.15) is 15.0 Å². The van der Waals surface area contributed by atoms with Gasteiger partial charge in [-0.25, -0.2) is 4.79 Å². The van der Waals surface area contributed by atoms with Gasteiger partial charge in [0.2, 0.25) is 11.9 Å². The van der Waals surface area contributed by atoms with Gasteiger partial charge in [0.05, 0.1) is 5.56 Å². The quantitative estimate of drug-likeness (QED) is 0.570. The second-order valence-corrected chi connectivity index (χ2v) is 7.80.